The standard InChI is InChI=1S/C30H35F3O4/c1-2-3-4-5-20-6-7-24-19-27(17-12-23(24)18-20)37-29(35)22-10-15-26(16-11-22)36-28(34)21-8-13-25(14-9-21)30(31,32)33/h8-11,13-16,20,23-24,27H,2-7,12,17-19H2,1H3/t20-,23+,24-,27+/m0/s1. The first-order chi connectivity index (χ1) is 17.7. The molecule has 2 aromatic rings. The first-order valence-corrected chi connectivity index (χ1v) is 13.4. The Labute approximate surface area is 216 Å². The topological polar surface area (TPSA) is 52.6 Å². The molecule has 0 amide bonds. The summed E-state index contributed by atoms with van der Waals surface area (Å²) in [7, 11) is 0. The van der Waals surface area contributed by atoms with Crippen LogP contribution in [-0.4, -0.2) is 18.0 Å². The lowest BCUT2D eigenvalue weighted by Crippen LogP contribution is -2.35. The van der Waals surface area contributed by atoms with Crippen LogP contribution in [0, 0.1) is 17.8 Å². The number of fused-ring (bicyclic) bond motifs is 1. The summed E-state index contributed by atoms with van der Waals surface area (Å²) < 4.78 is 49.2. The van der Waals surface area contributed by atoms with E-state index in [0.717, 1.165) is 55.4 Å². The lowest BCUT2D eigenvalue weighted by atomic mass is 9.66. The Morgan fingerprint density at radius 2 is 1.43 bits per heavy atom. The van der Waals surface area contributed by atoms with E-state index in [1.165, 1.54) is 69.2 Å². The Balaban J connectivity index is 1.25. The Morgan fingerprint density at radius 3 is 2.11 bits per heavy atom. The van der Waals surface area contributed by atoms with E-state index in [-0.39, 0.29) is 17.4 Å². The molecule has 4 atom stereocenters. The highest BCUT2D eigenvalue weighted by Crippen LogP contribution is 2.45. The number of halogens is 3. The van der Waals surface area contributed by atoms with E-state index >= 15 is 0 Å². The highest BCUT2D eigenvalue weighted by Gasteiger charge is 2.36. The zero-order valence-corrected chi connectivity index (χ0v) is 21.3. The minimum absolute atomic E-state index is 0.00193. The van der Waals surface area contributed by atoms with Crippen LogP contribution in [-0.2, 0) is 10.9 Å². The van der Waals surface area contributed by atoms with Crippen molar-refractivity contribution in [2.45, 2.75) is 83.4 Å². The average Bonchev–Trinajstić information content (AvgIpc) is 2.89. The monoisotopic (exact) mass is 516 g/mol. The van der Waals surface area contributed by atoms with Crippen LogP contribution in [0.15, 0.2) is 48.5 Å². The summed E-state index contributed by atoms with van der Waals surface area (Å²) in [5.74, 6) is 1.28. The summed E-state index contributed by atoms with van der Waals surface area (Å²) in [6.07, 6.45) is 7.53. The van der Waals surface area contributed by atoms with E-state index in [4.69, 9.17) is 9.47 Å². The molecule has 0 bridgehead atoms. The molecule has 4 nitrogen and oxygen atoms in total. The van der Waals surface area contributed by atoms with Gasteiger partial charge in [0.2, 0.25) is 0 Å². The second-order valence-corrected chi connectivity index (χ2v) is 10.5. The first-order valence-electron chi connectivity index (χ1n) is 13.4. The van der Waals surface area contributed by atoms with Gasteiger partial charge in [-0.25, -0.2) is 9.59 Å². The van der Waals surface area contributed by atoms with Gasteiger partial charge in [-0.1, -0.05) is 39.0 Å². The van der Waals surface area contributed by atoms with Crippen LogP contribution < -0.4 is 4.74 Å². The third kappa shape index (κ3) is 7.36. The number of ether oxygens (including phenoxy) is 2. The van der Waals surface area contributed by atoms with Gasteiger partial charge in [-0.15, -0.1) is 0 Å². The molecule has 37 heavy (non-hydrogen) atoms. The van der Waals surface area contributed by atoms with Gasteiger partial charge in [-0.05, 0) is 98.4 Å². The normalized spacial score (nSPS) is 23.7. The zero-order chi connectivity index (χ0) is 26.4. The Bertz CT molecular complexity index is 1050. The second-order valence-electron chi connectivity index (χ2n) is 10.5. The fraction of sp³-hybridized carbons (Fsp3) is 0.533. The summed E-state index contributed by atoms with van der Waals surface area (Å²) in [4.78, 5) is 25.0. The van der Waals surface area contributed by atoms with Gasteiger partial charge in [0.05, 0.1) is 16.7 Å². The number of hydrogen-bond donors (Lipinski definition) is 0. The second kappa shape index (κ2) is 12.1. The van der Waals surface area contributed by atoms with Crippen molar-refractivity contribution in [3.8, 4) is 5.75 Å². The van der Waals surface area contributed by atoms with Gasteiger partial charge in [0.15, 0.2) is 0 Å². The Morgan fingerprint density at radius 1 is 0.811 bits per heavy atom. The largest absolute Gasteiger partial charge is 0.459 e. The van der Waals surface area contributed by atoms with Gasteiger partial charge >= 0.3 is 18.1 Å². The third-order valence-electron chi connectivity index (χ3n) is 7.91. The van der Waals surface area contributed by atoms with Gasteiger partial charge in [-0.3, -0.25) is 0 Å². The molecule has 0 N–H and O–H groups in total. The van der Waals surface area contributed by atoms with E-state index < -0.39 is 23.7 Å². The number of benzene rings is 2. The smallest absolute Gasteiger partial charge is 0.416 e. The predicted octanol–water partition coefficient (Wildman–Crippen LogP) is 8.25. The van der Waals surface area contributed by atoms with Crippen molar-refractivity contribution in [1.82, 2.24) is 0 Å². The molecule has 2 saturated carbocycles. The maximum atomic E-state index is 12.7. The van der Waals surface area contributed by atoms with E-state index in [0.29, 0.717) is 11.5 Å². The molecule has 0 aliphatic heterocycles. The van der Waals surface area contributed by atoms with Crippen LogP contribution in [0.5, 0.6) is 5.75 Å². The molecule has 7 heteroatoms. The number of unbranched alkanes of at least 4 members (excludes halogenated alkanes) is 2. The molecule has 2 aliphatic rings. The van der Waals surface area contributed by atoms with Crippen molar-refractivity contribution in [3.05, 3.63) is 65.2 Å². The Kier molecular flexibility index (Phi) is 8.93. The van der Waals surface area contributed by atoms with Crippen LogP contribution >= 0.6 is 0 Å². The summed E-state index contributed by atoms with van der Waals surface area (Å²) in [6, 6.07) is 9.85. The number of carbonyl (C=O) groups excluding carboxylic acids is 2. The van der Waals surface area contributed by atoms with Crippen molar-refractivity contribution in [1.29, 1.82) is 0 Å². The molecule has 2 aromatic carbocycles. The van der Waals surface area contributed by atoms with Crippen molar-refractivity contribution in [3.63, 3.8) is 0 Å². The van der Waals surface area contributed by atoms with Crippen molar-refractivity contribution >= 4 is 11.9 Å². The van der Waals surface area contributed by atoms with Crippen LogP contribution in [0.25, 0.3) is 0 Å². The number of esters is 2. The molecule has 200 valence electrons. The van der Waals surface area contributed by atoms with E-state index in [1.54, 1.807) is 0 Å². The summed E-state index contributed by atoms with van der Waals surface area (Å²) in [6.45, 7) is 2.25. The molecule has 0 spiro atoms. The van der Waals surface area contributed by atoms with Crippen LogP contribution in [0.1, 0.15) is 97.4 Å². The van der Waals surface area contributed by atoms with Crippen molar-refractivity contribution in [2.24, 2.45) is 17.8 Å². The molecular formula is C30H35F3O4. The molecule has 4 rings (SSSR count). The summed E-state index contributed by atoms with van der Waals surface area (Å²) in [5, 5.41) is 0. The maximum Gasteiger partial charge on any atom is 0.416 e. The van der Waals surface area contributed by atoms with Gasteiger partial charge in [0.25, 0.3) is 0 Å². The van der Waals surface area contributed by atoms with Crippen LogP contribution in [0.3, 0.4) is 0 Å². The predicted molar refractivity (Wildman–Crippen MR) is 134 cm³/mol. The van der Waals surface area contributed by atoms with Crippen molar-refractivity contribution in [2.75, 3.05) is 0 Å². The lowest BCUT2D eigenvalue weighted by molar-refractivity contribution is -0.137. The zero-order valence-electron chi connectivity index (χ0n) is 21.3. The van der Waals surface area contributed by atoms with Crippen LogP contribution in [0.4, 0.5) is 13.2 Å². The molecule has 0 aromatic heterocycles. The molecule has 0 heterocycles. The average molecular weight is 517 g/mol. The van der Waals surface area contributed by atoms with Gasteiger partial charge in [-0.2, -0.15) is 13.2 Å². The summed E-state index contributed by atoms with van der Waals surface area (Å²) in [5.41, 5.74) is -0.464. The molecule has 2 fully saturated rings. The molecule has 0 unspecified atom stereocenters. The fourth-order valence-corrected chi connectivity index (χ4v) is 5.84. The number of carbonyl (C=O) groups is 2. The summed E-state index contributed by atoms with van der Waals surface area (Å²) >= 11 is 0. The van der Waals surface area contributed by atoms with Crippen molar-refractivity contribution < 1.29 is 32.2 Å². The highest BCUT2D eigenvalue weighted by molar-refractivity contribution is 5.92. The maximum absolute atomic E-state index is 12.7. The fourth-order valence-electron chi connectivity index (χ4n) is 5.84. The number of hydrogen-bond acceptors (Lipinski definition) is 4. The minimum atomic E-state index is -4.47. The molecule has 2 aliphatic carbocycles. The lowest BCUT2D eigenvalue weighted by Gasteiger charge is -2.42. The molecule has 0 radical (unpaired) electrons. The first kappa shape index (κ1) is 27.2. The van der Waals surface area contributed by atoms with E-state index in [1.807, 2.05) is 0 Å². The molecular weight excluding hydrogens is 481 g/mol. The third-order valence-corrected chi connectivity index (χ3v) is 7.91. The minimum Gasteiger partial charge on any atom is -0.459 e. The number of rotatable bonds is 8. The number of alkyl halides is 3. The van der Waals surface area contributed by atoms with Gasteiger partial charge in [0.1, 0.15) is 11.9 Å². The SMILES string of the molecule is CCCCC[C@H]1CC[C@H]2C[C@H](OC(=O)c3ccc(OC(=O)c4ccc(C(F)(F)F)cc4)cc3)CC[C@@H]2C1. The Hall–Kier alpha value is -2.83. The molecule has 0 saturated heterocycles. The quantitative estimate of drug-likeness (QED) is 0.201. The van der Waals surface area contributed by atoms with Gasteiger partial charge in [0, 0.05) is 0 Å². The van der Waals surface area contributed by atoms with Gasteiger partial charge < -0.3 is 9.47 Å². The van der Waals surface area contributed by atoms with E-state index in [9.17, 15) is 22.8 Å². The highest BCUT2D eigenvalue weighted by atomic mass is 19.4. The van der Waals surface area contributed by atoms with Crippen LogP contribution in [0.2, 0.25) is 0 Å². The van der Waals surface area contributed by atoms with E-state index in [2.05, 4.69) is 6.92 Å².